The van der Waals surface area contributed by atoms with E-state index in [-0.39, 0.29) is 5.78 Å². The van der Waals surface area contributed by atoms with Gasteiger partial charge in [-0.15, -0.1) is 11.3 Å². The smallest absolute Gasteiger partial charge is 0.159 e. The number of hydrogen-bond donors (Lipinski definition) is 0. The van der Waals surface area contributed by atoms with Crippen molar-refractivity contribution in [2.75, 3.05) is 0 Å². The predicted molar refractivity (Wildman–Crippen MR) is 71.6 cm³/mol. The van der Waals surface area contributed by atoms with Crippen LogP contribution in [0.2, 0.25) is 0 Å². The van der Waals surface area contributed by atoms with Crippen LogP contribution in [0.15, 0.2) is 29.6 Å². The molecule has 0 spiro atoms. The Morgan fingerprint density at radius 3 is 2.71 bits per heavy atom. The molecule has 0 saturated heterocycles. The highest BCUT2D eigenvalue weighted by atomic mass is 32.1. The Morgan fingerprint density at radius 1 is 1.35 bits per heavy atom. The molecule has 17 heavy (non-hydrogen) atoms. The van der Waals surface area contributed by atoms with Gasteiger partial charge < -0.3 is 0 Å². The molecule has 1 aromatic heterocycles. The first-order chi connectivity index (χ1) is 8.08. The van der Waals surface area contributed by atoms with E-state index in [1.54, 1.807) is 18.3 Å². The lowest BCUT2D eigenvalue weighted by atomic mass is 10.1. The summed E-state index contributed by atoms with van der Waals surface area (Å²) in [5.74, 6) is 0.531. The molecule has 2 aromatic rings. The summed E-state index contributed by atoms with van der Waals surface area (Å²) in [5, 5.41) is 3.07. The fourth-order valence-electron chi connectivity index (χ4n) is 1.56. The Labute approximate surface area is 105 Å². The molecule has 0 bridgehead atoms. The van der Waals surface area contributed by atoms with Gasteiger partial charge in [-0.3, -0.25) is 4.79 Å². The van der Waals surface area contributed by atoms with Gasteiger partial charge in [-0.25, -0.2) is 4.98 Å². The van der Waals surface area contributed by atoms with Crippen molar-refractivity contribution < 1.29 is 4.79 Å². The summed E-state index contributed by atoms with van der Waals surface area (Å²) in [5.41, 5.74) is 2.87. The largest absolute Gasteiger partial charge is 0.295 e. The molecule has 0 radical (unpaired) electrons. The highest BCUT2D eigenvalue weighted by molar-refractivity contribution is 7.13. The van der Waals surface area contributed by atoms with Gasteiger partial charge in [-0.2, -0.15) is 0 Å². The Hall–Kier alpha value is -1.48. The molecule has 1 heterocycles. The van der Waals surface area contributed by atoms with Gasteiger partial charge in [0.25, 0.3) is 0 Å². The lowest BCUT2D eigenvalue weighted by Crippen LogP contribution is -1.92. The molecule has 1 aromatic carbocycles. The van der Waals surface area contributed by atoms with E-state index in [0.29, 0.717) is 5.92 Å². The fourth-order valence-corrected chi connectivity index (χ4v) is 2.53. The second kappa shape index (κ2) is 4.80. The highest BCUT2D eigenvalue weighted by Gasteiger charge is 2.08. The van der Waals surface area contributed by atoms with E-state index >= 15 is 0 Å². The van der Waals surface area contributed by atoms with Crippen molar-refractivity contribution in [3.05, 3.63) is 40.9 Å². The number of carbonyl (C=O) groups excluding carboxylic acids is 1. The van der Waals surface area contributed by atoms with E-state index in [0.717, 1.165) is 21.8 Å². The van der Waals surface area contributed by atoms with E-state index < -0.39 is 0 Å². The zero-order valence-electron chi connectivity index (χ0n) is 10.2. The highest BCUT2D eigenvalue weighted by Crippen LogP contribution is 2.27. The van der Waals surface area contributed by atoms with Crippen molar-refractivity contribution in [2.45, 2.75) is 26.7 Å². The molecular weight excluding hydrogens is 230 g/mol. The van der Waals surface area contributed by atoms with Gasteiger partial charge in [0, 0.05) is 16.5 Å². The summed E-state index contributed by atoms with van der Waals surface area (Å²) in [7, 11) is 0. The minimum Gasteiger partial charge on any atom is -0.295 e. The Kier molecular flexibility index (Phi) is 3.38. The van der Waals surface area contributed by atoms with Crippen LogP contribution in [0.25, 0.3) is 10.6 Å². The number of nitrogens with zero attached hydrogens (tertiary/aromatic N) is 1. The zero-order valence-corrected chi connectivity index (χ0v) is 11.0. The molecule has 0 fully saturated rings. The van der Waals surface area contributed by atoms with Gasteiger partial charge in [0.15, 0.2) is 5.78 Å². The number of hydrogen-bond acceptors (Lipinski definition) is 3. The molecule has 0 amide bonds. The van der Waals surface area contributed by atoms with Gasteiger partial charge in [0.05, 0.1) is 5.69 Å². The van der Waals surface area contributed by atoms with E-state index in [2.05, 4.69) is 24.2 Å². The lowest BCUT2D eigenvalue weighted by molar-refractivity contribution is 0.101. The normalized spacial score (nSPS) is 10.8. The van der Waals surface area contributed by atoms with Crippen molar-refractivity contribution in [3.8, 4) is 10.6 Å². The number of benzene rings is 1. The van der Waals surface area contributed by atoms with Gasteiger partial charge in [-0.05, 0) is 18.9 Å². The minimum absolute atomic E-state index is 0.0903. The molecule has 0 N–H and O–H groups in total. The van der Waals surface area contributed by atoms with E-state index in [1.165, 1.54) is 0 Å². The number of aromatic nitrogens is 1. The predicted octanol–water partition coefficient (Wildman–Crippen LogP) is 4.14. The summed E-state index contributed by atoms with van der Waals surface area (Å²) < 4.78 is 0. The van der Waals surface area contributed by atoms with Crippen LogP contribution in [0.5, 0.6) is 0 Å². The van der Waals surface area contributed by atoms with E-state index in [4.69, 9.17) is 0 Å². The summed E-state index contributed by atoms with van der Waals surface area (Å²) in [4.78, 5) is 15.9. The van der Waals surface area contributed by atoms with Gasteiger partial charge in [0.2, 0.25) is 0 Å². The van der Waals surface area contributed by atoms with Crippen LogP contribution in [-0.4, -0.2) is 10.8 Å². The first kappa shape index (κ1) is 12.0. The number of ketones is 1. The second-order valence-electron chi connectivity index (χ2n) is 4.37. The van der Waals surface area contributed by atoms with Crippen LogP contribution in [0.3, 0.4) is 0 Å². The van der Waals surface area contributed by atoms with E-state index in [9.17, 15) is 4.79 Å². The quantitative estimate of drug-likeness (QED) is 0.761. The van der Waals surface area contributed by atoms with Gasteiger partial charge in [0.1, 0.15) is 5.01 Å². The molecule has 0 saturated carbocycles. The molecule has 0 aliphatic carbocycles. The van der Waals surface area contributed by atoms with Crippen LogP contribution >= 0.6 is 11.3 Å². The summed E-state index contributed by atoms with van der Waals surface area (Å²) >= 11 is 1.63. The van der Waals surface area contributed by atoms with Gasteiger partial charge in [-0.1, -0.05) is 32.0 Å². The SMILES string of the molecule is CC(=O)c1cccc(-c2nc(C(C)C)cs2)c1. The monoisotopic (exact) mass is 245 g/mol. The fraction of sp³-hybridized carbons (Fsp3) is 0.286. The maximum absolute atomic E-state index is 11.3. The molecule has 2 nitrogen and oxygen atoms in total. The van der Waals surface area contributed by atoms with Gasteiger partial charge >= 0.3 is 0 Å². The van der Waals surface area contributed by atoms with Crippen molar-refractivity contribution >= 4 is 17.1 Å². The van der Waals surface area contributed by atoms with Crippen molar-refractivity contribution in [1.82, 2.24) is 4.98 Å². The Morgan fingerprint density at radius 2 is 2.12 bits per heavy atom. The molecule has 88 valence electrons. The molecule has 0 atom stereocenters. The number of thiazole rings is 1. The maximum Gasteiger partial charge on any atom is 0.159 e. The Balaban J connectivity index is 2.38. The minimum atomic E-state index is 0.0903. The zero-order chi connectivity index (χ0) is 12.4. The summed E-state index contributed by atoms with van der Waals surface area (Å²) in [6, 6.07) is 7.64. The number of Topliss-reactive ketones (excluding diaryl/α,β-unsaturated/α-hetero) is 1. The molecule has 2 rings (SSSR count). The van der Waals surface area contributed by atoms with Crippen molar-refractivity contribution in [1.29, 1.82) is 0 Å². The summed E-state index contributed by atoms with van der Waals surface area (Å²) in [6.45, 7) is 5.84. The van der Waals surface area contributed by atoms with E-state index in [1.807, 2.05) is 24.3 Å². The van der Waals surface area contributed by atoms with Crippen LogP contribution in [0, 0.1) is 0 Å². The molecule has 0 aliphatic heterocycles. The molecule has 3 heteroatoms. The third-order valence-electron chi connectivity index (χ3n) is 2.63. The first-order valence-electron chi connectivity index (χ1n) is 5.64. The maximum atomic E-state index is 11.3. The second-order valence-corrected chi connectivity index (χ2v) is 5.23. The number of carbonyl (C=O) groups is 1. The molecule has 0 aliphatic rings. The topological polar surface area (TPSA) is 30.0 Å². The Bertz CT molecular complexity index is 543. The van der Waals surface area contributed by atoms with Crippen LogP contribution in [0.4, 0.5) is 0 Å². The average Bonchev–Trinajstić information content (AvgIpc) is 2.78. The lowest BCUT2D eigenvalue weighted by Gasteiger charge is -2.00. The third-order valence-corrected chi connectivity index (χ3v) is 3.54. The van der Waals surface area contributed by atoms with Crippen LogP contribution in [-0.2, 0) is 0 Å². The van der Waals surface area contributed by atoms with Crippen LogP contribution in [0.1, 0.15) is 42.7 Å². The first-order valence-corrected chi connectivity index (χ1v) is 6.52. The third kappa shape index (κ3) is 2.61. The van der Waals surface area contributed by atoms with Crippen molar-refractivity contribution in [3.63, 3.8) is 0 Å². The summed E-state index contributed by atoms with van der Waals surface area (Å²) in [6.07, 6.45) is 0. The van der Waals surface area contributed by atoms with Crippen LogP contribution < -0.4 is 0 Å². The van der Waals surface area contributed by atoms with Crippen molar-refractivity contribution in [2.24, 2.45) is 0 Å². The molecule has 0 unspecified atom stereocenters. The standard InChI is InChI=1S/C14H15NOS/c1-9(2)13-8-17-14(15-13)12-6-4-5-11(7-12)10(3)16/h4-9H,1-3H3. The average molecular weight is 245 g/mol. The number of rotatable bonds is 3. The molecular formula is C14H15NOS.